The molecule has 1 rings (SSSR count). The highest BCUT2D eigenvalue weighted by atomic mass is 127. The van der Waals surface area contributed by atoms with Gasteiger partial charge in [0.05, 0.1) is 9.26 Å². The van der Waals surface area contributed by atoms with Crippen molar-refractivity contribution in [3.63, 3.8) is 0 Å². The fourth-order valence-corrected chi connectivity index (χ4v) is 2.78. The Morgan fingerprint density at radius 2 is 1.90 bits per heavy atom. The van der Waals surface area contributed by atoms with E-state index in [2.05, 4.69) is 55.6 Å². The zero-order valence-corrected chi connectivity index (χ0v) is 15.4. The van der Waals surface area contributed by atoms with Gasteiger partial charge >= 0.3 is 0 Å². The molecule has 1 unspecified atom stereocenters. The Morgan fingerprint density at radius 1 is 1.20 bits per heavy atom. The van der Waals surface area contributed by atoms with Crippen LogP contribution in [0.1, 0.15) is 59.0 Å². The van der Waals surface area contributed by atoms with Crippen LogP contribution in [0, 0.1) is 3.57 Å². The average Bonchev–Trinajstić information content (AvgIpc) is 2.46. The fourth-order valence-electron chi connectivity index (χ4n) is 1.97. The topological polar surface area (TPSA) is 47.0 Å². The number of hydrogen-bond acceptors (Lipinski definition) is 4. The van der Waals surface area contributed by atoms with Gasteiger partial charge in [0.1, 0.15) is 11.4 Å². The van der Waals surface area contributed by atoms with E-state index in [4.69, 9.17) is 14.7 Å². The highest BCUT2D eigenvalue weighted by Gasteiger charge is 2.30. The largest absolute Gasteiger partial charge is 0.369 e. The maximum atomic E-state index is 5.91. The Morgan fingerprint density at radius 3 is 2.40 bits per heavy atom. The second kappa shape index (κ2) is 8.12. The lowest BCUT2D eigenvalue weighted by Gasteiger charge is -2.27. The lowest BCUT2D eigenvalue weighted by atomic mass is 10.0. The number of anilines is 1. The van der Waals surface area contributed by atoms with Crippen LogP contribution in [-0.4, -0.2) is 23.1 Å². The smallest absolute Gasteiger partial charge is 0.162 e. The van der Waals surface area contributed by atoms with Crippen molar-refractivity contribution in [1.82, 2.24) is 9.97 Å². The van der Waals surface area contributed by atoms with Crippen LogP contribution in [0.4, 0.5) is 5.82 Å². The third-order valence-corrected chi connectivity index (χ3v) is 4.54. The highest BCUT2D eigenvalue weighted by molar-refractivity contribution is 14.1. The number of ether oxygens (including phenoxy) is 1. The molecular formula is C15H26IN3O. The van der Waals surface area contributed by atoms with Crippen LogP contribution < -0.4 is 5.32 Å². The van der Waals surface area contributed by atoms with Gasteiger partial charge in [0.2, 0.25) is 0 Å². The van der Waals surface area contributed by atoms with Gasteiger partial charge in [0, 0.05) is 13.2 Å². The third kappa shape index (κ3) is 4.04. The predicted octanol–water partition coefficient (Wildman–Crippen LogP) is 4.13. The number of hydrogen-bond donors (Lipinski definition) is 1. The van der Waals surface area contributed by atoms with Gasteiger partial charge in [-0.3, -0.25) is 0 Å². The first-order valence-corrected chi connectivity index (χ1v) is 8.54. The molecule has 0 saturated heterocycles. The maximum Gasteiger partial charge on any atom is 0.162 e. The minimum atomic E-state index is -0.411. The Bertz CT molecular complexity index is 439. The van der Waals surface area contributed by atoms with Crippen molar-refractivity contribution in [2.45, 2.75) is 59.5 Å². The lowest BCUT2D eigenvalue weighted by Crippen LogP contribution is -2.29. The van der Waals surface area contributed by atoms with Crippen molar-refractivity contribution in [2.24, 2.45) is 0 Å². The minimum Gasteiger partial charge on any atom is -0.369 e. The van der Waals surface area contributed by atoms with Crippen LogP contribution in [0.5, 0.6) is 0 Å². The van der Waals surface area contributed by atoms with Gasteiger partial charge in [0.15, 0.2) is 5.82 Å². The van der Waals surface area contributed by atoms with Gasteiger partial charge in [0.25, 0.3) is 0 Å². The number of nitrogens with one attached hydrogen (secondary N) is 1. The van der Waals surface area contributed by atoms with Crippen LogP contribution in [0.15, 0.2) is 0 Å². The van der Waals surface area contributed by atoms with Crippen LogP contribution >= 0.6 is 22.6 Å². The van der Waals surface area contributed by atoms with Crippen LogP contribution in [0.2, 0.25) is 0 Å². The van der Waals surface area contributed by atoms with Crippen LogP contribution in [0.3, 0.4) is 0 Å². The summed E-state index contributed by atoms with van der Waals surface area (Å²) in [6.07, 6.45) is 2.84. The van der Waals surface area contributed by atoms with Gasteiger partial charge in [-0.1, -0.05) is 20.8 Å². The Balaban J connectivity index is 3.25. The molecule has 1 aromatic heterocycles. The quantitative estimate of drug-likeness (QED) is 0.677. The number of aromatic nitrogens is 2. The van der Waals surface area contributed by atoms with E-state index in [9.17, 15) is 0 Å². The molecular weight excluding hydrogens is 365 g/mol. The van der Waals surface area contributed by atoms with Gasteiger partial charge in [-0.25, -0.2) is 9.97 Å². The fraction of sp³-hybridized carbons (Fsp3) is 0.733. The lowest BCUT2D eigenvalue weighted by molar-refractivity contribution is -0.0391. The summed E-state index contributed by atoms with van der Waals surface area (Å²) in [4.78, 5) is 9.46. The monoisotopic (exact) mass is 391 g/mol. The standard InChI is InChI=1S/C15H26IN3O/c1-6-10-17-13-12(16)11(7-2)18-14(19-13)15(5,8-3)20-9-4/h6-10H2,1-5H3,(H,17,18,19). The molecule has 0 aliphatic rings. The highest BCUT2D eigenvalue weighted by Crippen LogP contribution is 2.29. The van der Waals surface area contributed by atoms with Crippen molar-refractivity contribution in [1.29, 1.82) is 0 Å². The summed E-state index contributed by atoms with van der Waals surface area (Å²) < 4.78 is 7.03. The SMILES string of the molecule is CCCNc1nc(C(C)(CC)OCC)nc(CC)c1I. The van der Waals surface area contributed by atoms with E-state index in [-0.39, 0.29) is 0 Å². The summed E-state index contributed by atoms with van der Waals surface area (Å²) in [5.41, 5.74) is 0.680. The van der Waals surface area contributed by atoms with Crippen molar-refractivity contribution < 1.29 is 4.74 Å². The van der Waals surface area contributed by atoms with Gasteiger partial charge < -0.3 is 10.1 Å². The average molecular weight is 391 g/mol. The summed E-state index contributed by atoms with van der Waals surface area (Å²) in [5, 5.41) is 3.40. The molecule has 20 heavy (non-hydrogen) atoms. The molecule has 1 heterocycles. The summed E-state index contributed by atoms with van der Waals surface area (Å²) in [7, 11) is 0. The summed E-state index contributed by atoms with van der Waals surface area (Å²) in [6.45, 7) is 12.1. The molecule has 0 aliphatic carbocycles. The van der Waals surface area contributed by atoms with E-state index in [1.807, 2.05) is 6.92 Å². The Labute approximate surface area is 136 Å². The van der Waals surface area contributed by atoms with Crippen LogP contribution in [-0.2, 0) is 16.8 Å². The third-order valence-electron chi connectivity index (χ3n) is 3.41. The van der Waals surface area contributed by atoms with E-state index in [0.717, 1.165) is 46.7 Å². The predicted molar refractivity (Wildman–Crippen MR) is 92.2 cm³/mol. The summed E-state index contributed by atoms with van der Waals surface area (Å²) >= 11 is 2.33. The zero-order chi connectivity index (χ0) is 15.2. The molecule has 0 aliphatic heterocycles. The number of aryl methyl sites for hydroxylation is 1. The molecule has 0 bridgehead atoms. The Hall–Kier alpha value is -0.430. The van der Waals surface area contributed by atoms with Crippen molar-refractivity contribution in [3.8, 4) is 0 Å². The molecule has 1 N–H and O–H groups in total. The molecule has 0 aromatic carbocycles. The molecule has 0 amide bonds. The molecule has 0 radical (unpaired) electrons. The van der Waals surface area contributed by atoms with Gasteiger partial charge in [-0.15, -0.1) is 0 Å². The van der Waals surface area contributed by atoms with Crippen molar-refractivity contribution in [3.05, 3.63) is 15.1 Å². The van der Waals surface area contributed by atoms with Gasteiger partial charge in [-0.05, 0) is 55.7 Å². The normalized spacial score (nSPS) is 14.1. The van der Waals surface area contributed by atoms with E-state index >= 15 is 0 Å². The molecule has 0 fully saturated rings. The molecule has 1 aromatic rings. The number of halogens is 1. The molecule has 114 valence electrons. The van der Waals surface area contributed by atoms with E-state index in [1.54, 1.807) is 0 Å². The minimum absolute atomic E-state index is 0.411. The van der Waals surface area contributed by atoms with E-state index < -0.39 is 5.60 Å². The first kappa shape index (κ1) is 17.6. The van der Waals surface area contributed by atoms with Crippen molar-refractivity contribution in [2.75, 3.05) is 18.5 Å². The Kier molecular flexibility index (Phi) is 7.15. The molecule has 5 heteroatoms. The number of rotatable bonds is 8. The second-order valence-electron chi connectivity index (χ2n) is 4.95. The summed E-state index contributed by atoms with van der Waals surface area (Å²) in [6, 6.07) is 0. The summed E-state index contributed by atoms with van der Waals surface area (Å²) in [5.74, 6) is 1.73. The zero-order valence-electron chi connectivity index (χ0n) is 13.2. The first-order chi connectivity index (χ1) is 9.52. The van der Waals surface area contributed by atoms with Crippen LogP contribution in [0.25, 0.3) is 0 Å². The van der Waals surface area contributed by atoms with Crippen molar-refractivity contribution >= 4 is 28.4 Å². The molecule has 1 atom stereocenters. The van der Waals surface area contributed by atoms with E-state index in [1.165, 1.54) is 0 Å². The number of nitrogens with zero attached hydrogens (tertiary/aromatic N) is 2. The van der Waals surface area contributed by atoms with Gasteiger partial charge in [-0.2, -0.15) is 0 Å². The maximum absolute atomic E-state index is 5.91. The second-order valence-corrected chi connectivity index (χ2v) is 6.03. The molecule has 0 saturated carbocycles. The molecule has 0 spiro atoms. The van der Waals surface area contributed by atoms with E-state index in [0.29, 0.717) is 6.61 Å². The first-order valence-electron chi connectivity index (χ1n) is 7.47. The molecule has 4 nitrogen and oxygen atoms in total.